The monoisotopic (exact) mass is 320 g/mol. The summed E-state index contributed by atoms with van der Waals surface area (Å²) >= 11 is 9.96. The van der Waals surface area contributed by atoms with Gasteiger partial charge in [-0.1, -0.05) is 0 Å². The molecule has 2 heterocycles. The molecule has 2 aromatic heterocycles. The van der Waals surface area contributed by atoms with Crippen LogP contribution in [-0.4, -0.2) is 33.0 Å². The first kappa shape index (κ1) is 15.6. The van der Waals surface area contributed by atoms with Crippen molar-refractivity contribution in [3.63, 3.8) is 0 Å². The van der Waals surface area contributed by atoms with Crippen LogP contribution in [0.15, 0.2) is 22.4 Å². The SMILES string of the molecule is Cc1cc(NCCCNc2cc(C)nc([S-])n2)nc([S-])n1. The molecule has 2 rings (SSSR count). The largest absolute Gasteiger partial charge is 0.740 e. The highest BCUT2D eigenvalue weighted by molar-refractivity contribution is 7.58. The predicted molar refractivity (Wildman–Crippen MR) is 86.4 cm³/mol. The Morgan fingerprint density at radius 1 is 0.810 bits per heavy atom. The maximum Gasteiger partial charge on any atom is 0.127 e. The zero-order valence-corrected chi connectivity index (χ0v) is 13.5. The van der Waals surface area contributed by atoms with Gasteiger partial charge in [0.2, 0.25) is 0 Å². The zero-order chi connectivity index (χ0) is 15.2. The molecule has 0 saturated heterocycles. The Morgan fingerprint density at radius 2 is 1.24 bits per heavy atom. The molecule has 0 radical (unpaired) electrons. The summed E-state index contributed by atoms with van der Waals surface area (Å²) in [4.78, 5) is 16.4. The maximum atomic E-state index is 4.98. The standard InChI is InChI=1S/C13H18N6S2/c1-8-6-10(18-12(20)16-8)14-4-3-5-15-11-7-9(2)17-13(21)19-11/h6-7H,3-5H2,1-2H3,(H2,14,16,18,20)(H2,15,17,19,21)/p-2. The number of aromatic nitrogens is 4. The molecule has 0 aromatic carbocycles. The van der Waals surface area contributed by atoms with Gasteiger partial charge in [-0.05, 0) is 20.3 Å². The van der Waals surface area contributed by atoms with Crippen LogP contribution in [0, 0.1) is 13.8 Å². The Balaban J connectivity index is 1.74. The summed E-state index contributed by atoms with van der Waals surface area (Å²) in [5, 5.41) is 7.18. The zero-order valence-electron chi connectivity index (χ0n) is 11.9. The van der Waals surface area contributed by atoms with Gasteiger partial charge < -0.3 is 35.9 Å². The van der Waals surface area contributed by atoms with Gasteiger partial charge in [0.15, 0.2) is 0 Å². The third-order valence-electron chi connectivity index (χ3n) is 2.63. The Hall–Kier alpha value is -1.80. The van der Waals surface area contributed by atoms with E-state index >= 15 is 0 Å². The lowest BCUT2D eigenvalue weighted by atomic mass is 10.3. The number of nitrogens with zero attached hydrogens (tertiary/aromatic N) is 4. The van der Waals surface area contributed by atoms with Gasteiger partial charge in [-0.15, -0.1) is 0 Å². The predicted octanol–water partition coefficient (Wildman–Crippen LogP) is 1.61. The Kier molecular flexibility index (Phi) is 5.40. The van der Waals surface area contributed by atoms with Gasteiger partial charge in [0.05, 0.1) is 0 Å². The van der Waals surface area contributed by atoms with Crippen LogP contribution in [-0.2, 0) is 25.3 Å². The molecule has 0 aliphatic rings. The minimum absolute atomic E-state index is 0.366. The van der Waals surface area contributed by atoms with Crippen molar-refractivity contribution in [3.8, 4) is 0 Å². The Labute approximate surface area is 135 Å². The summed E-state index contributed by atoms with van der Waals surface area (Å²) in [6.07, 6.45) is 0.908. The summed E-state index contributed by atoms with van der Waals surface area (Å²) < 4.78 is 0. The van der Waals surface area contributed by atoms with E-state index in [1.165, 1.54) is 0 Å². The highest BCUT2D eigenvalue weighted by Crippen LogP contribution is 2.07. The van der Waals surface area contributed by atoms with E-state index in [9.17, 15) is 0 Å². The van der Waals surface area contributed by atoms with Crippen LogP contribution in [0.4, 0.5) is 11.6 Å². The lowest BCUT2D eigenvalue weighted by Gasteiger charge is -2.12. The molecule has 2 N–H and O–H groups in total. The van der Waals surface area contributed by atoms with Crippen LogP contribution in [0.3, 0.4) is 0 Å². The van der Waals surface area contributed by atoms with Gasteiger partial charge in [0.1, 0.15) is 11.6 Å². The van der Waals surface area contributed by atoms with Crippen LogP contribution in [0.2, 0.25) is 0 Å². The molecule has 0 aliphatic carbocycles. The topological polar surface area (TPSA) is 75.6 Å². The van der Waals surface area contributed by atoms with Gasteiger partial charge in [-0.25, -0.2) is 9.97 Å². The highest BCUT2D eigenvalue weighted by Gasteiger charge is 1.97. The van der Waals surface area contributed by atoms with Gasteiger partial charge in [0, 0.05) is 46.9 Å². The Morgan fingerprint density at radius 3 is 1.62 bits per heavy atom. The quantitative estimate of drug-likeness (QED) is 0.472. The van der Waals surface area contributed by atoms with Crippen LogP contribution in [0.25, 0.3) is 0 Å². The second-order valence-corrected chi connectivity index (χ2v) is 5.29. The number of aryl methyl sites for hydroxylation is 2. The van der Waals surface area contributed by atoms with Crippen molar-refractivity contribution in [3.05, 3.63) is 23.5 Å². The molecule has 2 aromatic rings. The smallest absolute Gasteiger partial charge is 0.127 e. The first-order chi connectivity index (χ1) is 10.0. The molecule has 0 bridgehead atoms. The van der Waals surface area contributed by atoms with E-state index < -0.39 is 0 Å². The molecule has 8 heteroatoms. The summed E-state index contributed by atoms with van der Waals surface area (Å²) in [5.74, 6) is 1.52. The number of rotatable bonds is 6. The molecule has 0 amide bonds. The molecular formula is C13H16N6S2-2. The fourth-order valence-corrected chi connectivity index (χ4v) is 2.27. The number of hydrogen-bond acceptors (Lipinski definition) is 8. The Bertz CT molecular complexity index is 526. The first-order valence-electron chi connectivity index (χ1n) is 6.56. The summed E-state index contributed by atoms with van der Waals surface area (Å²) in [6, 6.07) is 3.75. The second kappa shape index (κ2) is 7.28. The fraction of sp³-hybridized carbons (Fsp3) is 0.385. The van der Waals surface area contributed by atoms with Crippen molar-refractivity contribution < 1.29 is 0 Å². The lowest BCUT2D eigenvalue weighted by Crippen LogP contribution is -2.11. The third kappa shape index (κ3) is 5.24. The highest BCUT2D eigenvalue weighted by atomic mass is 32.1. The number of nitrogens with one attached hydrogen (secondary N) is 2. The van der Waals surface area contributed by atoms with Gasteiger partial charge in [-0.3, -0.25) is 9.97 Å². The summed E-state index contributed by atoms with van der Waals surface area (Å²) in [5.41, 5.74) is 1.73. The van der Waals surface area contributed by atoms with Crippen molar-refractivity contribution >= 4 is 36.9 Å². The van der Waals surface area contributed by atoms with E-state index in [1.807, 2.05) is 26.0 Å². The molecule has 0 spiro atoms. The van der Waals surface area contributed by atoms with Gasteiger partial charge >= 0.3 is 0 Å². The van der Waals surface area contributed by atoms with Crippen molar-refractivity contribution in [2.75, 3.05) is 23.7 Å². The lowest BCUT2D eigenvalue weighted by molar-refractivity contribution is 0.866. The normalized spacial score (nSPS) is 10.4. The van der Waals surface area contributed by atoms with Crippen molar-refractivity contribution in [1.82, 2.24) is 19.9 Å². The first-order valence-corrected chi connectivity index (χ1v) is 7.38. The average Bonchev–Trinajstić information content (AvgIpc) is 2.36. The molecule has 0 fully saturated rings. The van der Waals surface area contributed by atoms with E-state index in [2.05, 4.69) is 30.6 Å². The maximum absolute atomic E-state index is 4.98. The molecule has 112 valence electrons. The van der Waals surface area contributed by atoms with Gasteiger partial charge in [-0.2, -0.15) is 0 Å². The number of anilines is 2. The van der Waals surface area contributed by atoms with Crippen molar-refractivity contribution in [1.29, 1.82) is 0 Å². The molecule has 0 saturated carbocycles. The van der Waals surface area contributed by atoms with E-state index in [1.54, 1.807) is 0 Å². The van der Waals surface area contributed by atoms with E-state index in [-0.39, 0.29) is 0 Å². The molecule has 6 nitrogen and oxygen atoms in total. The van der Waals surface area contributed by atoms with Gasteiger partial charge in [0.25, 0.3) is 0 Å². The molecule has 0 atom stereocenters. The van der Waals surface area contributed by atoms with Crippen LogP contribution >= 0.6 is 0 Å². The van der Waals surface area contributed by atoms with Crippen molar-refractivity contribution in [2.45, 2.75) is 30.6 Å². The van der Waals surface area contributed by atoms with E-state index in [0.29, 0.717) is 10.3 Å². The third-order valence-corrected chi connectivity index (χ3v) is 3.00. The minimum Gasteiger partial charge on any atom is -0.740 e. The molecule has 0 unspecified atom stereocenters. The van der Waals surface area contributed by atoms with E-state index in [0.717, 1.165) is 42.5 Å². The number of hydrogen-bond donors (Lipinski definition) is 2. The minimum atomic E-state index is 0.366. The molecule has 21 heavy (non-hydrogen) atoms. The molecular weight excluding hydrogens is 304 g/mol. The van der Waals surface area contributed by atoms with Crippen LogP contribution < -0.4 is 10.6 Å². The molecule has 0 aliphatic heterocycles. The fourth-order valence-electron chi connectivity index (χ4n) is 1.79. The van der Waals surface area contributed by atoms with Crippen LogP contribution in [0.5, 0.6) is 0 Å². The van der Waals surface area contributed by atoms with Crippen LogP contribution in [0.1, 0.15) is 17.8 Å². The average molecular weight is 320 g/mol. The summed E-state index contributed by atoms with van der Waals surface area (Å²) in [6.45, 7) is 5.36. The van der Waals surface area contributed by atoms with E-state index in [4.69, 9.17) is 25.3 Å². The second-order valence-electron chi connectivity index (χ2n) is 4.56. The van der Waals surface area contributed by atoms with Crippen molar-refractivity contribution in [2.24, 2.45) is 0 Å². The summed E-state index contributed by atoms with van der Waals surface area (Å²) in [7, 11) is 0.